The highest BCUT2D eigenvalue weighted by molar-refractivity contribution is 7.90. The van der Waals surface area contributed by atoms with Crippen LogP contribution in [0.4, 0.5) is 10.7 Å². The number of carbonyl (C=O) groups is 1. The number of aromatic nitrogens is 4. The minimum atomic E-state index is -4.11. The summed E-state index contributed by atoms with van der Waals surface area (Å²) in [5.74, 6) is 0.585. The summed E-state index contributed by atoms with van der Waals surface area (Å²) in [6.45, 7) is 9.35. The highest BCUT2D eigenvalue weighted by Crippen LogP contribution is 2.44. The number of piperidine rings is 1. The Labute approximate surface area is 390 Å². The number of aryl methyl sites for hydroxylation is 2. The standard InChI is InChI=1S/C51H59N7O8S/c1-33-13-18-40(19-14-33)67(62,63)58-26-23-41-43(31-54(4)48(59)46(41)58)36-15-20-44-42(28-36)47(51(66-39-16-17-39,37-10-6-5-7-11-37)32-65-45-12-8-9-27-64-45)53-49(52-44)55-24-21-38(22-25-55)56-29-35(3)57(50(60)61)30-34(56)2/h5-7,10-11,13-15,18-20,23,26,28,31,34-35,38-39,45H,8-9,12,16-17,21-22,24-25,27,29-30,32H2,1-4H3,(H,60,61)/t34-,35+,45?,51?/m0/s1. The second-order valence-corrected chi connectivity index (χ2v) is 20.7. The van der Waals surface area contributed by atoms with E-state index in [9.17, 15) is 23.1 Å². The number of ether oxygens (including phenoxy) is 3. The number of carboxylic acid groups (broad SMARTS) is 1. The van der Waals surface area contributed by atoms with E-state index < -0.39 is 33.6 Å². The van der Waals surface area contributed by atoms with Gasteiger partial charge in [-0.1, -0.05) is 54.1 Å². The van der Waals surface area contributed by atoms with Crippen LogP contribution in [0.3, 0.4) is 0 Å². The lowest BCUT2D eigenvalue weighted by Gasteiger charge is -2.48. The molecule has 1 amide bonds. The lowest BCUT2D eigenvalue weighted by molar-refractivity contribution is -0.197. The number of hydrogen-bond donors (Lipinski definition) is 1. The number of nitrogens with zero attached hydrogens (tertiary/aromatic N) is 7. The van der Waals surface area contributed by atoms with Crippen molar-refractivity contribution in [3.8, 4) is 11.1 Å². The number of fused-ring (bicyclic) bond motifs is 2. The Morgan fingerprint density at radius 2 is 1.66 bits per heavy atom. The Kier molecular flexibility index (Phi) is 12.2. The molecule has 0 radical (unpaired) electrons. The Balaban J connectivity index is 1.10. The molecule has 3 aliphatic heterocycles. The van der Waals surface area contributed by atoms with Crippen LogP contribution in [-0.2, 0) is 36.9 Å². The summed E-state index contributed by atoms with van der Waals surface area (Å²) >= 11 is 0. The van der Waals surface area contributed by atoms with Crippen LogP contribution < -0.4 is 10.5 Å². The van der Waals surface area contributed by atoms with Gasteiger partial charge in [0.15, 0.2) is 11.9 Å². The third kappa shape index (κ3) is 8.62. The molecule has 3 aromatic heterocycles. The van der Waals surface area contributed by atoms with E-state index in [0.29, 0.717) is 60.9 Å². The van der Waals surface area contributed by atoms with Gasteiger partial charge in [0.1, 0.15) is 5.52 Å². The van der Waals surface area contributed by atoms with E-state index in [0.717, 1.165) is 71.0 Å². The normalized spacial score (nSPS) is 22.1. The average Bonchev–Trinajstić information content (AvgIpc) is 4.04. The maximum absolute atomic E-state index is 14.1. The zero-order valence-electron chi connectivity index (χ0n) is 38.6. The van der Waals surface area contributed by atoms with Gasteiger partial charge in [-0.05, 0) is 107 Å². The molecule has 4 atom stereocenters. The smallest absolute Gasteiger partial charge is 0.407 e. The molecular formula is C51H59N7O8S. The van der Waals surface area contributed by atoms with Gasteiger partial charge in [-0.25, -0.2) is 27.2 Å². The lowest BCUT2D eigenvalue weighted by atomic mass is 9.87. The van der Waals surface area contributed by atoms with Gasteiger partial charge in [0.2, 0.25) is 5.95 Å². The molecule has 16 heteroatoms. The number of rotatable bonds is 12. The largest absolute Gasteiger partial charge is 0.465 e. The van der Waals surface area contributed by atoms with Crippen LogP contribution in [0.1, 0.15) is 75.6 Å². The van der Waals surface area contributed by atoms with Gasteiger partial charge in [0, 0.05) is 86.7 Å². The quantitative estimate of drug-likeness (QED) is 0.129. The highest BCUT2D eigenvalue weighted by atomic mass is 32.2. The average molecular weight is 930 g/mol. The zero-order valence-corrected chi connectivity index (χ0v) is 39.4. The zero-order chi connectivity index (χ0) is 46.6. The SMILES string of the molecule is Cc1ccc(S(=O)(=O)n2ccc3c(-c4ccc5nc(N6CCC(N7C[C@@H](C)N(C(=O)O)C[C@@H]7C)CC6)nc(C(COC6CCCCO6)(OC6CC6)c6ccccc6)c5c4)cn(C)c(=O)c32)cc1. The van der Waals surface area contributed by atoms with Crippen molar-refractivity contribution in [1.29, 1.82) is 0 Å². The number of hydrogen-bond acceptors (Lipinski definition) is 11. The van der Waals surface area contributed by atoms with Crippen molar-refractivity contribution in [2.45, 2.75) is 107 Å². The van der Waals surface area contributed by atoms with Crippen LogP contribution >= 0.6 is 0 Å². The van der Waals surface area contributed by atoms with Crippen molar-refractivity contribution in [2.24, 2.45) is 7.05 Å². The molecule has 352 valence electrons. The van der Waals surface area contributed by atoms with Crippen molar-refractivity contribution in [1.82, 2.24) is 28.3 Å². The van der Waals surface area contributed by atoms with Crippen molar-refractivity contribution in [3.63, 3.8) is 0 Å². The molecule has 4 aliphatic rings. The molecular weight excluding hydrogens is 871 g/mol. The van der Waals surface area contributed by atoms with Crippen LogP contribution in [-0.4, -0.2) is 118 Å². The topological polar surface area (TPSA) is 162 Å². The van der Waals surface area contributed by atoms with Crippen LogP contribution in [0.25, 0.3) is 32.9 Å². The minimum Gasteiger partial charge on any atom is -0.465 e. The maximum Gasteiger partial charge on any atom is 0.407 e. The molecule has 10 rings (SSSR count). The predicted octanol–water partition coefficient (Wildman–Crippen LogP) is 7.50. The van der Waals surface area contributed by atoms with E-state index in [1.165, 1.54) is 10.8 Å². The third-order valence-corrected chi connectivity index (χ3v) is 15.9. The molecule has 6 aromatic rings. The molecule has 2 unspecified atom stereocenters. The summed E-state index contributed by atoms with van der Waals surface area (Å²) in [6, 6.07) is 24.7. The molecule has 0 bridgehead atoms. The first-order valence-corrected chi connectivity index (χ1v) is 25.1. The van der Waals surface area contributed by atoms with E-state index in [1.807, 2.05) is 50.2 Å². The van der Waals surface area contributed by atoms with Gasteiger partial charge < -0.3 is 33.7 Å². The Hall–Kier alpha value is -5.65. The molecule has 1 N–H and O–H groups in total. The fourth-order valence-electron chi connectivity index (χ4n) is 10.3. The van der Waals surface area contributed by atoms with E-state index in [1.54, 1.807) is 48.5 Å². The third-order valence-electron chi connectivity index (χ3n) is 14.2. The van der Waals surface area contributed by atoms with Gasteiger partial charge in [0.05, 0.1) is 28.8 Å². The first-order valence-electron chi connectivity index (χ1n) is 23.6. The highest BCUT2D eigenvalue weighted by Gasteiger charge is 2.46. The summed E-state index contributed by atoms with van der Waals surface area (Å²) < 4.78 is 51.0. The van der Waals surface area contributed by atoms with Gasteiger partial charge >= 0.3 is 6.09 Å². The summed E-state index contributed by atoms with van der Waals surface area (Å²) in [6.07, 6.45) is 8.22. The van der Waals surface area contributed by atoms with Gasteiger partial charge in [-0.15, -0.1) is 0 Å². The van der Waals surface area contributed by atoms with Crippen LogP contribution in [0, 0.1) is 6.92 Å². The number of anilines is 1. The van der Waals surface area contributed by atoms with E-state index in [2.05, 4.69) is 28.9 Å². The van der Waals surface area contributed by atoms with Crippen molar-refractivity contribution >= 4 is 43.9 Å². The van der Waals surface area contributed by atoms with Crippen LogP contribution in [0.5, 0.6) is 0 Å². The van der Waals surface area contributed by atoms with Crippen molar-refractivity contribution in [2.75, 3.05) is 44.3 Å². The fraction of sp³-hybridized carbons (Fsp3) is 0.451. The molecule has 0 spiro atoms. The summed E-state index contributed by atoms with van der Waals surface area (Å²) in [7, 11) is -2.48. The van der Waals surface area contributed by atoms with Crippen molar-refractivity contribution < 1.29 is 32.5 Å². The molecule has 1 saturated carbocycles. The Morgan fingerprint density at radius 3 is 2.36 bits per heavy atom. The monoisotopic (exact) mass is 929 g/mol. The molecule has 3 saturated heterocycles. The number of amides is 1. The van der Waals surface area contributed by atoms with Crippen LogP contribution in [0.2, 0.25) is 0 Å². The van der Waals surface area contributed by atoms with E-state index in [4.69, 9.17) is 24.2 Å². The second-order valence-electron chi connectivity index (χ2n) is 18.9. The molecule has 1 aliphatic carbocycles. The fourth-order valence-corrected chi connectivity index (χ4v) is 11.7. The summed E-state index contributed by atoms with van der Waals surface area (Å²) in [4.78, 5) is 43.1. The predicted molar refractivity (Wildman–Crippen MR) is 256 cm³/mol. The van der Waals surface area contributed by atoms with Crippen molar-refractivity contribution in [3.05, 3.63) is 118 Å². The number of pyridine rings is 1. The summed E-state index contributed by atoms with van der Waals surface area (Å²) in [5, 5.41) is 11.0. The van der Waals surface area contributed by atoms with Gasteiger partial charge in [-0.3, -0.25) is 9.69 Å². The molecule has 3 aromatic carbocycles. The first-order chi connectivity index (χ1) is 32.3. The second kappa shape index (κ2) is 18.1. The Bertz CT molecular complexity index is 2960. The lowest BCUT2D eigenvalue weighted by Crippen LogP contribution is -2.61. The van der Waals surface area contributed by atoms with Gasteiger partial charge in [0.25, 0.3) is 15.6 Å². The minimum absolute atomic E-state index is 0.0204. The maximum atomic E-state index is 14.1. The van der Waals surface area contributed by atoms with Crippen LogP contribution in [0.15, 0.2) is 101 Å². The molecule has 4 fully saturated rings. The Morgan fingerprint density at radius 1 is 0.896 bits per heavy atom. The molecule has 15 nitrogen and oxygen atoms in total. The first kappa shape index (κ1) is 45.1. The summed E-state index contributed by atoms with van der Waals surface area (Å²) in [5.41, 5.74) is 3.01. The van der Waals surface area contributed by atoms with E-state index in [-0.39, 0.29) is 41.2 Å². The number of piperazine rings is 1. The number of benzene rings is 3. The van der Waals surface area contributed by atoms with Gasteiger partial charge in [-0.2, -0.15) is 0 Å². The molecule has 67 heavy (non-hydrogen) atoms. The van der Waals surface area contributed by atoms with E-state index >= 15 is 0 Å². The molecule has 6 heterocycles.